The van der Waals surface area contributed by atoms with Crippen LogP contribution in [0.15, 0.2) is 54.6 Å². The molecule has 6 nitrogen and oxygen atoms in total. The number of unbranched alkanes of at least 4 members (excludes halogenated alkanes) is 2. The molecule has 0 aliphatic carbocycles. The molecular weight excluding hydrogens is 344 g/mol. The van der Waals surface area contributed by atoms with E-state index < -0.39 is 6.04 Å². The van der Waals surface area contributed by atoms with Crippen LogP contribution in [0.25, 0.3) is 0 Å². The third-order valence-electron chi connectivity index (χ3n) is 3.75. The van der Waals surface area contributed by atoms with E-state index in [1.54, 1.807) is 48.5 Å². The Bertz CT molecular complexity index is 687. The summed E-state index contributed by atoms with van der Waals surface area (Å²) in [4.78, 5) is 22.0. The number of esters is 1. The van der Waals surface area contributed by atoms with Crippen molar-refractivity contribution in [2.75, 3.05) is 6.61 Å². The lowest BCUT2D eigenvalue weighted by Gasteiger charge is -2.11. The van der Waals surface area contributed by atoms with Crippen LogP contribution >= 0.6 is 0 Å². The Morgan fingerprint density at radius 1 is 1.04 bits per heavy atom. The average Bonchev–Trinajstić information content (AvgIpc) is 2.68. The lowest BCUT2D eigenvalue weighted by Crippen LogP contribution is -2.34. The zero-order chi connectivity index (χ0) is 20.1. The van der Waals surface area contributed by atoms with E-state index >= 15 is 0 Å². The number of nitrogens with two attached hydrogens (primary N) is 2. The highest BCUT2D eigenvalue weighted by atomic mass is 16.5. The van der Waals surface area contributed by atoms with Gasteiger partial charge in [-0.15, -0.1) is 0 Å². The molecule has 0 aliphatic heterocycles. The molecule has 0 aliphatic rings. The topological polar surface area (TPSA) is 116 Å². The number of rotatable bonds is 8. The first-order chi connectivity index (χ1) is 12.9. The SMILES string of the molecule is CCCCCOC(=O)C(N)Cc1ccc(O)cc1.NC(=O)c1ccccc1. The molecule has 2 aromatic carbocycles. The highest BCUT2D eigenvalue weighted by Crippen LogP contribution is 2.11. The maximum Gasteiger partial charge on any atom is 0.323 e. The lowest BCUT2D eigenvalue weighted by atomic mass is 10.1. The quantitative estimate of drug-likeness (QED) is 0.487. The van der Waals surface area contributed by atoms with Gasteiger partial charge in [0, 0.05) is 5.56 Å². The largest absolute Gasteiger partial charge is 0.508 e. The van der Waals surface area contributed by atoms with Crippen molar-refractivity contribution in [3.8, 4) is 5.75 Å². The number of primary amides is 1. The smallest absolute Gasteiger partial charge is 0.323 e. The van der Waals surface area contributed by atoms with Gasteiger partial charge in [0.2, 0.25) is 5.91 Å². The number of phenolic OH excluding ortho intramolecular Hbond substituents is 1. The van der Waals surface area contributed by atoms with Crippen molar-refractivity contribution in [3.63, 3.8) is 0 Å². The molecule has 0 saturated heterocycles. The summed E-state index contributed by atoms with van der Waals surface area (Å²) in [5.74, 6) is -0.538. The number of carbonyl (C=O) groups is 2. The van der Waals surface area contributed by atoms with Crippen LogP contribution < -0.4 is 11.5 Å². The zero-order valence-electron chi connectivity index (χ0n) is 15.6. The maximum absolute atomic E-state index is 11.6. The molecule has 27 heavy (non-hydrogen) atoms. The van der Waals surface area contributed by atoms with E-state index in [1.807, 2.05) is 6.07 Å². The van der Waals surface area contributed by atoms with Gasteiger partial charge in [-0.25, -0.2) is 0 Å². The molecule has 6 heteroatoms. The summed E-state index contributed by atoms with van der Waals surface area (Å²) in [5, 5.41) is 9.14. The maximum atomic E-state index is 11.6. The van der Waals surface area contributed by atoms with E-state index in [-0.39, 0.29) is 17.6 Å². The molecule has 0 fully saturated rings. The van der Waals surface area contributed by atoms with Gasteiger partial charge in [-0.05, 0) is 42.7 Å². The van der Waals surface area contributed by atoms with Gasteiger partial charge in [0.25, 0.3) is 0 Å². The normalized spacial score (nSPS) is 11.0. The van der Waals surface area contributed by atoms with E-state index in [1.165, 1.54) is 0 Å². The Kier molecular flexibility index (Phi) is 10.3. The molecule has 0 radical (unpaired) electrons. The standard InChI is InChI=1S/C14H21NO3.C7H7NO/c1-2-3-4-9-18-14(17)13(15)10-11-5-7-12(16)8-6-11;8-7(9)6-4-2-1-3-5-6/h5-8,13,16H,2-4,9-10,15H2,1H3;1-5H,(H2,8,9). The van der Waals surface area contributed by atoms with Gasteiger partial charge in [0.05, 0.1) is 6.61 Å². The lowest BCUT2D eigenvalue weighted by molar-refractivity contribution is -0.145. The molecule has 0 heterocycles. The van der Waals surface area contributed by atoms with E-state index in [2.05, 4.69) is 6.92 Å². The van der Waals surface area contributed by atoms with Crippen molar-refractivity contribution in [1.29, 1.82) is 0 Å². The Morgan fingerprint density at radius 2 is 1.67 bits per heavy atom. The van der Waals surface area contributed by atoms with Crippen LogP contribution in [0.2, 0.25) is 0 Å². The van der Waals surface area contributed by atoms with Gasteiger partial charge in [-0.3, -0.25) is 9.59 Å². The Hall–Kier alpha value is -2.86. The Balaban J connectivity index is 0.000000337. The summed E-state index contributed by atoms with van der Waals surface area (Å²) in [6.45, 7) is 2.54. The van der Waals surface area contributed by atoms with Crippen LogP contribution in [0.4, 0.5) is 0 Å². The highest BCUT2D eigenvalue weighted by Gasteiger charge is 2.15. The second-order valence-electron chi connectivity index (χ2n) is 6.08. The van der Waals surface area contributed by atoms with Crippen molar-refractivity contribution in [2.45, 2.75) is 38.6 Å². The highest BCUT2D eigenvalue weighted by molar-refractivity contribution is 5.92. The number of hydrogen-bond acceptors (Lipinski definition) is 5. The van der Waals surface area contributed by atoms with E-state index in [0.717, 1.165) is 24.8 Å². The van der Waals surface area contributed by atoms with Crippen LogP contribution in [-0.2, 0) is 16.0 Å². The molecule has 2 aromatic rings. The Labute approximate surface area is 160 Å². The molecule has 2 rings (SSSR count). The van der Waals surface area contributed by atoms with Crippen molar-refractivity contribution < 1.29 is 19.4 Å². The molecule has 5 N–H and O–H groups in total. The first-order valence-corrected chi connectivity index (χ1v) is 8.99. The summed E-state index contributed by atoms with van der Waals surface area (Å²) < 4.78 is 5.09. The predicted molar refractivity (Wildman–Crippen MR) is 105 cm³/mol. The second kappa shape index (κ2) is 12.5. The minimum Gasteiger partial charge on any atom is -0.508 e. The predicted octanol–water partition coefficient (Wildman–Crippen LogP) is 2.78. The molecule has 0 bridgehead atoms. The van der Waals surface area contributed by atoms with Gasteiger partial charge in [0.15, 0.2) is 0 Å². The molecule has 0 saturated carbocycles. The molecule has 1 unspecified atom stereocenters. The van der Waals surface area contributed by atoms with E-state index in [0.29, 0.717) is 18.6 Å². The summed E-state index contributed by atoms with van der Waals surface area (Å²) in [6.07, 6.45) is 3.46. The summed E-state index contributed by atoms with van der Waals surface area (Å²) in [6, 6.07) is 14.8. The van der Waals surface area contributed by atoms with E-state index in [4.69, 9.17) is 21.3 Å². The summed E-state index contributed by atoms with van der Waals surface area (Å²) in [7, 11) is 0. The fourth-order valence-electron chi connectivity index (χ4n) is 2.20. The average molecular weight is 372 g/mol. The van der Waals surface area contributed by atoms with Crippen LogP contribution in [0.1, 0.15) is 42.1 Å². The first-order valence-electron chi connectivity index (χ1n) is 8.99. The van der Waals surface area contributed by atoms with Gasteiger partial charge in [-0.2, -0.15) is 0 Å². The minimum atomic E-state index is -0.642. The van der Waals surface area contributed by atoms with Crippen molar-refractivity contribution in [2.24, 2.45) is 11.5 Å². The van der Waals surface area contributed by atoms with Gasteiger partial charge in [-0.1, -0.05) is 50.1 Å². The first kappa shape index (κ1) is 22.2. The number of phenols is 1. The molecule has 0 spiro atoms. The molecule has 0 aromatic heterocycles. The summed E-state index contributed by atoms with van der Waals surface area (Å²) in [5.41, 5.74) is 12.2. The fraction of sp³-hybridized carbons (Fsp3) is 0.333. The van der Waals surface area contributed by atoms with Crippen molar-refractivity contribution in [1.82, 2.24) is 0 Å². The third-order valence-corrected chi connectivity index (χ3v) is 3.75. The number of amides is 1. The molecule has 146 valence electrons. The molecular formula is C21H28N2O4. The van der Waals surface area contributed by atoms with Gasteiger partial charge in [0.1, 0.15) is 11.8 Å². The molecule has 1 amide bonds. The number of aromatic hydroxyl groups is 1. The number of hydrogen-bond donors (Lipinski definition) is 3. The van der Waals surface area contributed by atoms with Crippen LogP contribution in [0, 0.1) is 0 Å². The zero-order valence-corrected chi connectivity index (χ0v) is 15.6. The summed E-state index contributed by atoms with van der Waals surface area (Å²) >= 11 is 0. The van der Waals surface area contributed by atoms with Gasteiger partial charge < -0.3 is 21.3 Å². The van der Waals surface area contributed by atoms with Crippen LogP contribution in [0.5, 0.6) is 5.75 Å². The minimum absolute atomic E-state index is 0.203. The third kappa shape index (κ3) is 9.42. The van der Waals surface area contributed by atoms with Crippen LogP contribution in [0.3, 0.4) is 0 Å². The van der Waals surface area contributed by atoms with E-state index in [9.17, 15) is 9.59 Å². The van der Waals surface area contributed by atoms with Crippen LogP contribution in [-0.4, -0.2) is 29.6 Å². The molecule has 1 atom stereocenters. The van der Waals surface area contributed by atoms with Crippen molar-refractivity contribution in [3.05, 3.63) is 65.7 Å². The monoisotopic (exact) mass is 372 g/mol. The second-order valence-corrected chi connectivity index (χ2v) is 6.08. The van der Waals surface area contributed by atoms with Crippen molar-refractivity contribution >= 4 is 11.9 Å². The fourth-order valence-corrected chi connectivity index (χ4v) is 2.20. The Morgan fingerprint density at radius 3 is 2.19 bits per heavy atom. The number of benzene rings is 2. The number of carbonyl (C=O) groups excluding carboxylic acids is 2. The number of ether oxygens (including phenoxy) is 1. The van der Waals surface area contributed by atoms with Gasteiger partial charge >= 0.3 is 5.97 Å².